The normalized spacial score (nSPS) is 17.9. The van der Waals surface area contributed by atoms with E-state index in [1.807, 2.05) is 0 Å². The van der Waals surface area contributed by atoms with Crippen LogP contribution in [0.15, 0.2) is 42.5 Å². The van der Waals surface area contributed by atoms with Crippen LogP contribution >= 0.6 is 11.6 Å². The highest BCUT2D eigenvalue weighted by atomic mass is 35.5. The molecule has 0 saturated carbocycles. The van der Waals surface area contributed by atoms with Crippen molar-refractivity contribution in [2.75, 3.05) is 32.7 Å². The number of nitrogens with one attached hydrogen (secondary N) is 1. The fraction of sp³-hybridized carbons (Fsp3) is 0.333. The van der Waals surface area contributed by atoms with Crippen molar-refractivity contribution in [2.24, 2.45) is 0 Å². The van der Waals surface area contributed by atoms with Crippen LogP contribution in [0.2, 0.25) is 5.02 Å². The summed E-state index contributed by atoms with van der Waals surface area (Å²) in [4.78, 5) is 27.1. The lowest BCUT2D eigenvalue weighted by Crippen LogP contribution is -2.66. The average Bonchev–Trinajstić information content (AvgIpc) is 2.71. The van der Waals surface area contributed by atoms with E-state index >= 15 is 0 Å². The lowest BCUT2D eigenvalue weighted by Gasteiger charge is -2.48. The van der Waals surface area contributed by atoms with Gasteiger partial charge in [0.15, 0.2) is 6.61 Å². The minimum Gasteiger partial charge on any atom is -0.497 e. The molecule has 1 heterocycles. The minimum atomic E-state index is -0.964. The number of likely N-dealkylation sites (tertiary alicyclic amines) is 1. The van der Waals surface area contributed by atoms with Gasteiger partial charge in [0.25, 0.3) is 5.91 Å². The third-order valence-corrected chi connectivity index (χ3v) is 5.29. The second-order valence-electron chi connectivity index (χ2n) is 6.83. The summed E-state index contributed by atoms with van der Waals surface area (Å²) in [5, 5.41) is 3.44. The topological polar surface area (TPSA) is 77.1 Å². The highest BCUT2D eigenvalue weighted by Gasteiger charge is 2.49. The lowest BCUT2D eigenvalue weighted by atomic mass is 9.85. The number of benzene rings is 2. The molecule has 0 bridgehead atoms. The molecule has 2 aromatic carbocycles. The molecule has 0 spiro atoms. The average molecular weight is 419 g/mol. The van der Waals surface area contributed by atoms with E-state index in [-0.39, 0.29) is 18.4 Å². The third kappa shape index (κ3) is 4.40. The summed E-state index contributed by atoms with van der Waals surface area (Å²) in [5.74, 6) is 1.07. The van der Waals surface area contributed by atoms with Gasteiger partial charge in [0.1, 0.15) is 22.8 Å². The molecule has 0 radical (unpaired) electrons. The van der Waals surface area contributed by atoms with Crippen LogP contribution in [0, 0.1) is 0 Å². The van der Waals surface area contributed by atoms with Crippen LogP contribution in [0.25, 0.3) is 0 Å². The lowest BCUT2D eigenvalue weighted by molar-refractivity contribution is -0.156. The van der Waals surface area contributed by atoms with E-state index in [2.05, 4.69) is 5.32 Å². The SMILES string of the molecule is COc1ccc(OC)c(NC(=O)C2(C)CCN2C(=O)COc2ccc(Cl)cc2)c1. The Labute approximate surface area is 174 Å². The van der Waals surface area contributed by atoms with Gasteiger partial charge in [0.05, 0.1) is 19.9 Å². The quantitative estimate of drug-likeness (QED) is 0.746. The molecule has 154 valence electrons. The van der Waals surface area contributed by atoms with Gasteiger partial charge in [-0.05, 0) is 49.7 Å². The van der Waals surface area contributed by atoms with Crippen molar-refractivity contribution in [3.63, 3.8) is 0 Å². The molecule has 1 unspecified atom stereocenters. The van der Waals surface area contributed by atoms with Gasteiger partial charge in [-0.3, -0.25) is 9.59 Å². The van der Waals surface area contributed by atoms with E-state index in [1.54, 1.807) is 56.5 Å². The summed E-state index contributed by atoms with van der Waals surface area (Å²) < 4.78 is 16.0. The van der Waals surface area contributed by atoms with Gasteiger partial charge in [-0.15, -0.1) is 0 Å². The van der Waals surface area contributed by atoms with Crippen LogP contribution in [0.1, 0.15) is 13.3 Å². The van der Waals surface area contributed by atoms with Crippen molar-refractivity contribution in [1.29, 1.82) is 0 Å². The predicted molar refractivity (Wildman–Crippen MR) is 110 cm³/mol. The summed E-state index contributed by atoms with van der Waals surface area (Å²) in [7, 11) is 3.06. The molecule has 1 atom stereocenters. The molecular formula is C21H23ClN2O5. The Bertz CT molecular complexity index is 902. The molecule has 29 heavy (non-hydrogen) atoms. The number of anilines is 1. The number of nitrogens with zero attached hydrogens (tertiary/aromatic N) is 1. The first-order valence-corrected chi connectivity index (χ1v) is 9.47. The third-order valence-electron chi connectivity index (χ3n) is 5.04. The molecule has 1 fully saturated rings. The van der Waals surface area contributed by atoms with Crippen molar-refractivity contribution in [3.8, 4) is 17.2 Å². The molecule has 2 aromatic rings. The number of amides is 2. The monoisotopic (exact) mass is 418 g/mol. The van der Waals surface area contributed by atoms with Crippen molar-refractivity contribution in [3.05, 3.63) is 47.5 Å². The van der Waals surface area contributed by atoms with E-state index in [9.17, 15) is 9.59 Å². The van der Waals surface area contributed by atoms with Gasteiger partial charge in [-0.1, -0.05) is 11.6 Å². The number of ether oxygens (including phenoxy) is 3. The summed E-state index contributed by atoms with van der Waals surface area (Å²) >= 11 is 5.84. The molecule has 7 nitrogen and oxygen atoms in total. The maximum absolute atomic E-state index is 13.0. The summed E-state index contributed by atoms with van der Waals surface area (Å²) in [6, 6.07) is 11.9. The van der Waals surface area contributed by atoms with E-state index < -0.39 is 5.54 Å². The number of halogens is 1. The number of hydrogen-bond donors (Lipinski definition) is 1. The highest BCUT2D eigenvalue weighted by molar-refractivity contribution is 6.30. The highest BCUT2D eigenvalue weighted by Crippen LogP contribution is 2.35. The summed E-state index contributed by atoms with van der Waals surface area (Å²) in [6.07, 6.45) is 0.553. The summed E-state index contributed by atoms with van der Waals surface area (Å²) in [6.45, 7) is 2.06. The van der Waals surface area contributed by atoms with Gasteiger partial charge in [-0.2, -0.15) is 0 Å². The van der Waals surface area contributed by atoms with E-state index in [1.165, 1.54) is 12.0 Å². The van der Waals surface area contributed by atoms with Gasteiger partial charge >= 0.3 is 0 Å². The minimum absolute atomic E-state index is 0.160. The van der Waals surface area contributed by atoms with E-state index in [4.69, 9.17) is 25.8 Å². The predicted octanol–water partition coefficient (Wildman–Crippen LogP) is 3.37. The number of hydrogen-bond acceptors (Lipinski definition) is 5. The second kappa shape index (κ2) is 8.61. The number of rotatable bonds is 7. The van der Waals surface area contributed by atoms with Gasteiger partial charge in [0, 0.05) is 17.6 Å². The Morgan fingerprint density at radius 3 is 2.38 bits per heavy atom. The standard InChI is InChI=1S/C21H23ClN2O5/c1-21(20(26)23-17-12-16(27-2)8-9-18(17)28-3)10-11-24(21)19(25)13-29-15-6-4-14(22)5-7-15/h4-9,12H,10-11,13H2,1-3H3,(H,23,26). The van der Waals surface area contributed by atoms with E-state index in [0.29, 0.717) is 40.9 Å². The number of carbonyl (C=O) groups excluding carboxylic acids is 2. The Kier molecular flexibility index (Phi) is 6.17. The Morgan fingerprint density at radius 1 is 1.10 bits per heavy atom. The van der Waals surface area contributed by atoms with Crippen molar-refractivity contribution in [2.45, 2.75) is 18.9 Å². The Morgan fingerprint density at radius 2 is 1.79 bits per heavy atom. The van der Waals surface area contributed by atoms with Crippen molar-refractivity contribution >= 4 is 29.1 Å². The van der Waals surface area contributed by atoms with Crippen LogP contribution in [0.5, 0.6) is 17.2 Å². The molecule has 1 aliphatic heterocycles. The molecule has 1 N–H and O–H groups in total. The van der Waals surface area contributed by atoms with Crippen molar-refractivity contribution < 1.29 is 23.8 Å². The fourth-order valence-electron chi connectivity index (χ4n) is 3.12. The van der Waals surface area contributed by atoms with Crippen LogP contribution < -0.4 is 19.5 Å². The zero-order valence-corrected chi connectivity index (χ0v) is 17.3. The van der Waals surface area contributed by atoms with Gasteiger partial charge in [-0.25, -0.2) is 0 Å². The van der Waals surface area contributed by atoms with Crippen LogP contribution in [-0.2, 0) is 9.59 Å². The number of carbonyl (C=O) groups is 2. The zero-order valence-electron chi connectivity index (χ0n) is 16.5. The first-order valence-electron chi connectivity index (χ1n) is 9.09. The Hall–Kier alpha value is -2.93. The first kappa shape index (κ1) is 20.8. The molecular weight excluding hydrogens is 396 g/mol. The molecule has 8 heteroatoms. The second-order valence-corrected chi connectivity index (χ2v) is 7.27. The maximum Gasteiger partial charge on any atom is 0.261 e. The van der Waals surface area contributed by atoms with Crippen molar-refractivity contribution in [1.82, 2.24) is 4.90 Å². The fourth-order valence-corrected chi connectivity index (χ4v) is 3.24. The van der Waals surface area contributed by atoms with Crippen LogP contribution in [0.4, 0.5) is 5.69 Å². The summed E-state index contributed by atoms with van der Waals surface area (Å²) in [5.41, 5.74) is -0.482. The van der Waals surface area contributed by atoms with Crippen LogP contribution in [-0.4, -0.2) is 49.6 Å². The zero-order chi connectivity index (χ0) is 21.0. The van der Waals surface area contributed by atoms with E-state index in [0.717, 1.165) is 0 Å². The number of methoxy groups -OCH3 is 2. The van der Waals surface area contributed by atoms with Crippen LogP contribution in [0.3, 0.4) is 0 Å². The molecule has 0 aromatic heterocycles. The molecule has 1 aliphatic rings. The van der Waals surface area contributed by atoms with Gasteiger partial charge < -0.3 is 24.4 Å². The molecule has 2 amide bonds. The molecule has 0 aliphatic carbocycles. The molecule has 1 saturated heterocycles. The maximum atomic E-state index is 13.0. The molecule has 3 rings (SSSR count). The Balaban J connectivity index is 1.66. The van der Waals surface area contributed by atoms with Gasteiger partial charge in [0.2, 0.25) is 5.91 Å². The smallest absolute Gasteiger partial charge is 0.261 e. The largest absolute Gasteiger partial charge is 0.497 e. The first-order chi connectivity index (χ1) is 13.9.